The molecule has 1 unspecified atom stereocenters. The minimum atomic E-state index is -0.126. The molecule has 4 rings (SSSR count). The smallest absolute Gasteiger partial charge is 0.251 e. The van der Waals surface area contributed by atoms with E-state index in [1.165, 1.54) is 11.3 Å². The van der Waals surface area contributed by atoms with Crippen molar-refractivity contribution in [3.05, 3.63) is 58.2 Å². The van der Waals surface area contributed by atoms with Crippen molar-refractivity contribution in [1.29, 1.82) is 0 Å². The number of fused-ring (bicyclic) bond motifs is 3. The van der Waals surface area contributed by atoms with Gasteiger partial charge in [0, 0.05) is 39.3 Å². The van der Waals surface area contributed by atoms with Gasteiger partial charge in [0.05, 0.1) is 14.2 Å². The summed E-state index contributed by atoms with van der Waals surface area (Å²) in [5, 5.41) is 5.01. The molecule has 0 aliphatic heterocycles. The quantitative estimate of drug-likeness (QED) is 0.711. The van der Waals surface area contributed by atoms with E-state index < -0.39 is 0 Å². The fourth-order valence-electron chi connectivity index (χ4n) is 3.72. The Balaban J connectivity index is 1.55. The summed E-state index contributed by atoms with van der Waals surface area (Å²) in [6.07, 6.45) is 2.57. The van der Waals surface area contributed by atoms with Crippen molar-refractivity contribution >= 4 is 28.4 Å². The molecule has 6 heteroatoms. The topological polar surface area (TPSA) is 63.4 Å². The normalized spacial score (nSPS) is 16.0. The first-order valence-electron chi connectivity index (χ1n) is 8.90. The van der Waals surface area contributed by atoms with Crippen LogP contribution in [0.15, 0.2) is 36.4 Å². The molecule has 0 saturated heterocycles. The third-order valence-corrected chi connectivity index (χ3v) is 5.33. The van der Waals surface area contributed by atoms with Crippen LogP contribution < -0.4 is 14.8 Å². The Morgan fingerprint density at radius 2 is 1.89 bits per heavy atom. The second-order valence-corrected chi connectivity index (χ2v) is 7.22. The molecule has 2 aromatic carbocycles. The zero-order chi connectivity index (χ0) is 19.0. The summed E-state index contributed by atoms with van der Waals surface area (Å²) in [6.45, 7) is 0. The van der Waals surface area contributed by atoms with E-state index in [-0.39, 0.29) is 11.9 Å². The van der Waals surface area contributed by atoms with Crippen LogP contribution in [0.2, 0.25) is 5.02 Å². The summed E-state index contributed by atoms with van der Waals surface area (Å²) >= 11 is 6.17. The van der Waals surface area contributed by atoms with Crippen LogP contribution in [0.25, 0.3) is 10.9 Å². The zero-order valence-corrected chi connectivity index (χ0v) is 16.0. The Hall–Kier alpha value is -2.66. The largest absolute Gasteiger partial charge is 0.497 e. The van der Waals surface area contributed by atoms with Crippen LogP contribution in [0, 0.1) is 0 Å². The average Bonchev–Trinajstić information content (AvgIpc) is 3.04. The molecule has 0 radical (unpaired) electrons. The van der Waals surface area contributed by atoms with Crippen LogP contribution in [0.3, 0.4) is 0 Å². The molecule has 1 aliphatic rings. The zero-order valence-electron chi connectivity index (χ0n) is 15.3. The molecule has 0 bridgehead atoms. The number of aromatic nitrogens is 1. The molecular weight excluding hydrogens is 364 g/mol. The molecule has 5 nitrogen and oxygen atoms in total. The van der Waals surface area contributed by atoms with Crippen LogP contribution in [-0.4, -0.2) is 31.2 Å². The maximum absolute atomic E-state index is 12.8. The average molecular weight is 385 g/mol. The van der Waals surface area contributed by atoms with E-state index in [9.17, 15) is 4.79 Å². The molecule has 3 aromatic rings. The van der Waals surface area contributed by atoms with Gasteiger partial charge in [0.25, 0.3) is 5.91 Å². The third-order valence-electron chi connectivity index (χ3n) is 5.10. The number of methoxy groups -OCH3 is 2. The Morgan fingerprint density at radius 1 is 1.15 bits per heavy atom. The fourth-order valence-corrected chi connectivity index (χ4v) is 3.89. The number of ether oxygens (including phenoxy) is 2. The molecule has 1 amide bonds. The number of carbonyl (C=O) groups is 1. The number of carbonyl (C=O) groups excluding carboxylic acids is 1. The highest BCUT2D eigenvalue weighted by atomic mass is 35.5. The van der Waals surface area contributed by atoms with Gasteiger partial charge in [0.15, 0.2) is 0 Å². The number of aryl methyl sites for hydroxylation is 1. The van der Waals surface area contributed by atoms with Crippen molar-refractivity contribution < 1.29 is 14.3 Å². The Kier molecular flexibility index (Phi) is 4.70. The van der Waals surface area contributed by atoms with Gasteiger partial charge in [-0.05, 0) is 55.2 Å². The standard InChI is InChI=1S/C21H21ClN2O3/c1-26-15-7-12(8-16(11-15)27-2)21(25)23-14-4-6-20-18(10-14)17-9-13(22)3-5-19(17)24-20/h3,5,7-9,11,14,24H,4,6,10H2,1-2H3,(H,23,25). The van der Waals surface area contributed by atoms with Crippen molar-refractivity contribution in [3.63, 3.8) is 0 Å². The number of hydrogen-bond donors (Lipinski definition) is 2. The molecule has 1 atom stereocenters. The number of nitrogens with one attached hydrogen (secondary N) is 2. The molecule has 2 N–H and O–H groups in total. The number of rotatable bonds is 4. The predicted molar refractivity (Wildman–Crippen MR) is 106 cm³/mol. The van der Waals surface area contributed by atoms with E-state index in [2.05, 4.69) is 10.3 Å². The van der Waals surface area contributed by atoms with Gasteiger partial charge >= 0.3 is 0 Å². The van der Waals surface area contributed by atoms with Crippen LogP contribution in [0.1, 0.15) is 28.0 Å². The second-order valence-electron chi connectivity index (χ2n) is 6.79. The number of amides is 1. The highest BCUT2D eigenvalue weighted by molar-refractivity contribution is 6.31. The highest BCUT2D eigenvalue weighted by Gasteiger charge is 2.24. The minimum absolute atomic E-state index is 0.0696. The van der Waals surface area contributed by atoms with Gasteiger partial charge in [-0.3, -0.25) is 4.79 Å². The van der Waals surface area contributed by atoms with Crippen LogP contribution >= 0.6 is 11.6 Å². The lowest BCUT2D eigenvalue weighted by Crippen LogP contribution is -2.38. The molecule has 1 aromatic heterocycles. The first kappa shape index (κ1) is 17.7. The second kappa shape index (κ2) is 7.16. The number of halogens is 1. The van der Waals surface area contributed by atoms with E-state index >= 15 is 0 Å². The maximum Gasteiger partial charge on any atom is 0.251 e. The van der Waals surface area contributed by atoms with E-state index in [1.807, 2.05) is 18.2 Å². The van der Waals surface area contributed by atoms with Crippen molar-refractivity contribution in [1.82, 2.24) is 10.3 Å². The van der Waals surface area contributed by atoms with Crippen LogP contribution in [0.5, 0.6) is 11.5 Å². The van der Waals surface area contributed by atoms with Crippen molar-refractivity contribution in [2.24, 2.45) is 0 Å². The Morgan fingerprint density at radius 3 is 2.59 bits per heavy atom. The minimum Gasteiger partial charge on any atom is -0.497 e. The van der Waals surface area contributed by atoms with Crippen molar-refractivity contribution in [2.75, 3.05) is 14.2 Å². The summed E-state index contributed by atoms with van der Waals surface area (Å²) in [5.74, 6) is 1.06. The number of benzene rings is 2. The van der Waals surface area contributed by atoms with E-state index in [0.717, 1.165) is 35.2 Å². The van der Waals surface area contributed by atoms with Gasteiger partial charge in [-0.2, -0.15) is 0 Å². The van der Waals surface area contributed by atoms with Gasteiger partial charge in [0.2, 0.25) is 0 Å². The van der Waals surface area contributed by atoms with Crippen LogP contribution in [-0.2, 0) is 12.8 Å². The van der Waals surface area contributed by atoms with Gasteiger partial charge in [-0.25, -0.2) is 0 Å². The number of H-pyrrole nitrogens is 1. The number of hydrogen-bond acceptors (Lipinski definition) is 3. The van der Waals surface area contributed by atoms with Crippen LogP contribution in [0.4, 0.5) is 0 Å². The first-order valence-corrected chi connectivity index (χ1v) is 9.28. The summed E-state index contributed by atoms with van der Waals surface area (Å²) in [5.41, 5.74) is 4.10. The maximum atomic E-state index is 12.8. The Labute approximate surface area is 162 Å². The SMILES string of the molecule is COc1cc(OC)cc(C(=O)NC2CCc3[nH]c4ccc(Cl)cc4c3C2)c1. The molecule has 1 aliphatic carbocycles. The Bertz CT molecular complexity index is 990. The molecule has 140 valence electrons. The molecular formula is C21H21ClN2O3. The molecule has 0 saturated carbocycles. The van der Waals surface area contributed by atoms with E-state index in [1.54, 1.807) is 32.4 Å². The fraction of sp³-hybridized carbons (Fsp3) is 0.286. The molecule has 1 heterocycles. The monoisotopic (exact) mass is 384 g/mol. The van der Waals surface area contributed by atoms with Gasteiger partial charge in [-0.1, -0.05) is 11.6 Å². The third kappa shape index (κ3) is 3.47. The lowest BCUT2D eigenvalue weighted by atomic mass is 9.91. The molecule has 27 heavy (non-hydrogen) atoms. The summed E-state index contributed by atoms with van der Waals surface area (Å²) in [6, 6.07) is 11.1. The van der Waals surface area contributed by atoms with Crippen molar-refractivity contribution in [2.45, 2.75) is 25.3 Å². The highest BCUT2D eigenvalue weighted by Crippen LogP contribution is 2.31. The predicted octanol–water partition coefficient (Wildman–Crippen LogP) is 4.13. The summed E-state index contributed by atoms with van der Waals surface area (Å²) in [4.78, 5) is 16.2. The van der Waals surface area contributed by atoms with Crippen molar-refractivity contribution in [3.8, 4) is 11.5 Å². The van der Waals surface area contributed by atoms with Gasteiger partial charge in [-0.15, -0.1) is 0 Å². The van der Waals surface area contributed by atoms with Gasteiger partial charge < -0.3 is 19.8 Å². The molecule has 0 fully saturated rings. The summed E-state index contributed by atoms with van der Waals surface area (Å²) < 4.78 is 10.5. The first-order chi connectivity index (χ1) is 13.1. The lowest BCUT2D eigenvalue weighted by molar-refractivity contribution is 0.0933. The molecule has 0 spiro atoms. The number of aromatic amines is 1. The van der Waals surface area contributed by atoms with E-state index in [4.69, 9.17) is 21.1 Å². The van der Waals surface area contributed by atoms with E-state index in [0.29, 0.717) is 17.1 Å². The van der Waals surface area contributed by atoms with Gasteiger partial charge in [0.1, 0.15) is 11.5 Å². The lowest BCUT2D eigenvalue weighted by Gasteiger charge is -2.24. The summed E-state index contributed by atoms with van der Waals surface area (Å²) in [7, 11) is 3.14.